The minimum Gasteiger partial charge on any atom is -0.403 e. The molecule has 0 unspecified atom stereocenters. The van der Waals surface area contributed by atoms with Crippen LogP contribution in [0.5, 0.6) is 0 Å². The fraction of sp³-hybridized carbons (Fsp3) is 0.0667. The highest BCUT2D eigenvalue weighted by molar-refractivity contribution is 9.10. The van der Waals surface area contributed by atoms with E-state index in [-0.39, 0.29) is 0 Å². The van der Waals surface area contributed by atoms with Gasteiger partial charge >= 0.3 is 6.01 Å². The van der Waals surface area contributed by atoms with Crippen molar-refractivity contribution < 1.29 is 4.42 Å². The molecule has 0 radical (unpaired) electrons. The third-order valence-electron chi connectivity index (χ3n) is 2.82. The van der Waals surface area contributed by atoms with E-state index in [2.05, 4.69) is 31.4 Å². The predicted octanol–water partition coefficient (Wildman–Crippen LogP) is 4.55. The van der Waals surface area contributed by atoms with E-state index < -0.39 is 0 Å². The van der Waals surface area contributed by atoms with Crippen molar-refractivity contribution in [3.8, 4) is 11.5 Å². The molecule has 1 aromatic heterocycles. The maximum Gasteiger partial charge on any atom is 0.320 e. The van der Waals surface area contributed by atoms with Gasteiger partial charge in [-0.3, -0.25) is 0 Å². The first kappa shape index (κ1) is 12.9. The molecule has 1 heterocycles. The van der Waals surface area contributed by atoms with E-state index >= 15 is 0 Å². The number of rotatable bonds is 3. The topological polar surface area (TPSA) is 51.0 Å². The SMILES string of the molecule is Cc1ccc(Nc2nnc(-c3ccc(Br)cc3)o2)cc1. The van der Waals surface area contributed by atoms with E-state index in [0.717, 1.165) is 15.7 Å². The van der Waals surface area contributed by atoms with Crippen molar-refractivity contribution >= 4 is 27.6 Å². The van der Waals surface area contributed by atoms with E-state index in [1.165, 1.54) is 5.56 Å². The van der Waals surface area contributed by atoms with Crippen LogP contribution in [0, 0.1) is 6.92 Å². The smallest absolute Gasteiger partial charge is 0.320 e. The van der Waals surface area contributed by atoms with Crippen LogP contribution in [-0.4, -0.2) is 10.2 Å². The molecule has 0 aliphatic rings. The number of anilines is 2. The van der Waals surface area contributed by atoms with Gasteiger partial charge in [0, 0.05) is 15.7 Å². The molecule has 3 aromatic rings. The molecule has 0 aliphatic heterocycles. The summed E-state index contributed by atoms with van der Waals surface area (Å²) >= 11 is 3.39. The molecule has 3 rings (SSSR count). The Hall–Kier alpha value is -2.14. The van der Waals surface area contributed by atoms with Crippen LogP contribution in [0.25, 0.3) is 11.5 Å². The lowest BCUT2D eigenvalue weighted by Crippen LogP contribution is -1.89. The minimum absolute atomic E-state index is 0.381. The summed E-state index contributed by atoms with van der Waals surface area (Å²) in [4.78, 5) is 0. The average molecular weight is 330 g/mol. The first-order chi connectivity index (χ1) is 9.70. The van der Waals surface area contributed by atoms with Gasteiger partial charge in [-0.25, -0.2) is 0 Å². The van der Waals surface area contributed by atoms with Gasteiger partial charge in [-0.1, -0.05) is 38.7 Å². The summed E-state index contributed by atoms with van der Waals surface area (Å²) in [7, 11) is 0. The number of nitrogens with one attached hydrogen (secondary N) is 1. The lowest BCUT2D eigenvalue weighted by molar-refractivity contribution is 0.587. The number of halogens is 1. The van der Waals surface area contributed by atoms with Gasteiger partial charge in [-0.05, 0) is 43.3 Å². The van der Waals surface area contributed by atoms with Gasteiger partial charge in [0.15, 0.2) is 0 Å². The second kappa shape index (κ2) is 5.46. The van der Waals surface area contributed by atoms with Crippen molar-refractivity contribution in [2.75, 3.05) is 5.32 Å². The highest BCUT2D eigenvalue weighted by atomic mass is 79.9. The molecule has 2 aromatic carbocycles. The second-order valence-corrected chi connectivity index (χ2v) is 5.33. The predicted molar refractivity (Wildman–Crippen MR) is 81.9 cm³/mol. The van der Waals surface area contributed by atoms with Crippen molar-refractivity contribution in [3.05, 3.63) is 58.6 Å². The standard InChI is InChI=1S/C15H12BrN3O/c1-10-2-8-13(9-3-10)17-15-19-18-14(20-15)11-4-6-12(16)7-5-11/h2-9H,1H3,(H,17,19). The van der Waals surface area contributed by atoms with Gasteiger partial charge in [-0.15, -0.1) is 5.10 Å². The average Bonchev–Trinajstić information content (AvgIpc) is 2.91. The summed E-state index contributed by atoms with van der Waals surface area (Å²) in [6, 6.07) is 16.1. The largest absolute Gasteiger partial charge is 0.403 e. The van der Waals surface area contributed by atoms with Crippen molar-refractivity contribution in [1.29, 1.82) is 0 Å². The molecule has 0 saturated carbocycles. The van der Waals surface area contributed by atoms with Gasteiger partial charge in [0.25, 0.3) is 0 Å². The minimum atomic E-state index is 0.381. The Bertz CT molecular complexity index is 705. The first-order valence-electron chi connectivity index (χ1n) is 6.14. The number of benzene rings is 2. The Labute approximate surface area is 125 Å². The monoisotopic (exact) mass is 329 g/mol. The van der Waals surface area contributed by atoms with Gasteiger partial charge in [0.05, 0.1) is 0 Å². The molecule has 0 atom stereocenters. The third kappa shape index (κ3) is 2.88. The Morgan fingerprint density at radius 1 is 0.950 bits per heavy atom. The lowest BCUT2D eigenvalue weighted by atomic mass is 10.2. The molecule has 0 saturated heterocycles. The molecule has 0 aliphatic carbocycles. The van der Waals surface area contributed by atoms with Crippen molar-refractivity contribution in [2.45, 2.75) is 6.92 Å². The number of nitrogens with zero attached hydrogens (tertiary/aromatic N) is 2. The van der Waals surface area contributed by atoms with E-state index in [4.69, 9.17) is 4.42 Å². The van der Waals surface area contributed by atoms with Crippen LogP contribution >= 0.6 is 15.9 Å². The molecule has 100 valence electrons. The number of hydrogen-bond donors (Lipinski definition) is 1. The fourth-order valence-corrected chi connectivity index (χ4v) is 2.01. The van der Waals surface area contributed by atoms with Crippen molar-refractivity contribution in [2.24, 2.45) is 0 Å². The molecule has 20 heavy (non-hydrogen) atoms. The molecule has 4 nitrogen and oxygen atoms in total. The van der Waals surface area contributed by atoms with Gasteiger partial charge in [0.1, 0.15) is 0 Å². The van der Waals surface area contributed by atoms with E-state index in [0.29, 0.717) is 11.9 Å². The first-order valence-corrected chi connectivity index (χ1v) is 6.93. The number of hydrogen-bond acceptors (Lipinski definition) is 4. The number of aromatic nitrogens is 2. The Morgan fingerprint density at radius 2 is 1.65 bits per heavy atom. The maximum atomic E-state index is 5.60. The normalized spacial score (nSPS) is 10.5. The van der Waals surface area contributed by atoms with Crippen LogP contribution < -0.4 is 5.32 Å². The van der Waals surface area contributed by atoms with Gasteiger partial charge in [-0.2, -0.15) is 0 Å². The second-order valence-electron chi connectivity index (χ2n) is 4.41. The molecule has 5 heteroatoms. The van der Waals surface area contributed by atoms with Crippen LogP contribution in [0.2, 0.25) is 0 Å². The third-order valence-corrected chi connectivity index (χ3v) is 3.35. The summed E-state index contributed by atoms with van der Waals surface area (Å²) in [5.41, 5.74) is 3.01. The molecule has 1 N–H and O–H groups in total. The zero-order valence-electron chi connectivity index (χ0n) is 10.8. The Morgan fingerprint density at radius 3 is 2.35 bits per heavy atom. The maximum absolute atomic E-state index is 5.60. The van der Waals surface area contributed by atoms with Crippen LogP contribution in [0.4, 0.5) is 11.7 Å². The zero-order valence-corrected chi connectivity index (χ0v) is 12.4. The van der Waals surface area contributed by atoms with Crippen LogP contribution in [-0.2, 0) is 0 Å². The Kier molecular flexibility index (Phi) is 3.52. The number of aryl methyl sites for hydroxylation is 1. The Balaban J connectivity index is 1.80. The van der Waals surface area contributed by atoms with Crippen LogP contribution in [0.15, 0.2) is 57.4 Å². The van der Waals surface area contributed by atoms with Gasteiger partial charge < -0.3 is 9.73 Å². The van der Waals surface area contributed by atoms with Crippen molar-refractivity contribution in [1.82, 2.24) is 10.2 Å². The lowest BCUT2D eigenvalue weighted by Gasteiger charge is -2.00. The highest BCUT2D eigenvalue weighted by Gasteiger charge is 2.08. The van der Waals surface area contributed by atoms with Gasteiger partial charge in [0.2, 0.25) is 5.89 Å². The molecule has 0 bridgehead atoms. The summed E-state index contributed by atoms with van der Waals surface area (Å²) in [5.74, 6) is 0.493. The summed E-state index contributed by atoms with van der Waals surface area (Å²) in [6.07, 6.45) is 0. The molecular weight excluding hydrogens is 318 g/mol. The highest BCUT2D eigenvalue weighted by Crippen LogP contribution is 2.23. The fourth-order valence-electron chi connectivity index (χ4n) is 1.74. The van der Waals surface area contributed by atoms with E-state index in [9.17, 15) is 0 Å². The molecule has 0 fully saturated rings. The molecular formula is C15H12BrN3O. The summed E-state index contributed by atoms with van der Waals surface area (Å²) in [5, 5.41) is 11.1. The van der Waals surface area contributed by atoms with Crippen LogP contribution in [0.3, 0.4) is 0 Å². The summed E-state index contributed by atoms with van der Waals surface area (Å²) in [6.45, 7) is 2.04. The van der Waals surface area contributed by atoms with Crippen LogP contribution in [0.1, 0.15) is 5.56 Å². The van der Waals surface area contributed by atoms with E-state index in [1.54, 1.807) is 0 Å². The zero-order chi connectivity index (χ0) is 13.9. The van der Waals surface area contributed by atoms with Crippen molar-refractivity contribution in [3.63, 3.8) is 0 Å². The molecule has 0 amide bonds. The molecule has 0 spiro atoms. The quantitative estimate of drug-likeness (QED) is 0.765. The summed E-state index contributed by atoms with van der Waals surface area (Å²) < 4.78 is 6.61. The van der Waals surface area contributed by atoms with E-state index in [1.807, 2.05) is 55.5 Å².